The molecule has 0 bridgehead atoms. The fraction of sp³-hybridized carbons (Fsp3) is 0.500. The number of aromatic nitrogens is 1. The van der Waals surface area contributed by atoms with Crippen molar-refractivity contribution in [3.8, 4) is 0 Å². The van der Waals surface area contributed by atoms with Gasteiger partial charge in [0.05, 0.1) is 0 Å². The highest BCUT2D eigenvalue weighted by atomic mass is 32.2. The van der Waals surface area contributed by atoms with Gasteiger partial charge in [-0.1, -0.05) is 13.8 Å². The molecule has 0 unspecified atom stereocenters. The molecular weight excluding hydrogens is 198 g/mol. The van der Waals surface area contributed by atoms with Gasteiger partial charge in [-0.25, -0.2) is 0 Å². The molecule has 0 aliphatic carbocycles. The molecule has 1 rings (SSSR count). The van der Waals surface area contributed by atoms with Crippen molar-refractivity contribution in [2.75, 3.05) is 6.26 Å². The zero-order valence-electron chi connectivity index (χ0n) is 9.51. The lowest BCUT2D eigenvalue weighted by Crippen LogP contribution is -1.85. The first-order chi connectivity index (χ1) is 5.74. The summed E-state index contributed by atoms with van der Waals surface area (Å²) in [6.07, 6.45) is 3.97. The Balaban J connectivity index is -0.000000284. The molecular formula is C10H21NO2S. The Labute approximate surface area is 90.6 Å². The molecule has 3 nitrogen and oxygen atoms in total. The van der Waals surface area contributed by atoms with Crippen LogP contribution >= 0.6 is 11.8 Å². The number of pyridine rings is 1. The predicted molar refractivity (Wildman–Crippen MR) is 64.1 cm³/mol. The number of aryl methyl sites for hydroxylation is 2. The van der Waals surface area contributed by atoms with E-state index in [2.05, 4.69) is 24.2 Å². The van der Waals surface area contributed by atoms with Gasteiger partial charge in [-0.3, -0.25) is 4.98 Å². The maximum Gasteiger partial charge on any atom is 0.0407 e. The molecule has 0 amide bonds. The maximum absolute atomic E-state index is 4.23. The summed E-state index contributed by atoms with van der Waals surface area (Å²) < 4.78 is 0. The normalized spacial score (nSPS) is 7.50. The van der Waals surface area contributed by atoms with E-state index in [-0.39, 0.29) is 11.0 Å². The Morgan fingerprint density at radius 3 is 2.00 bits per heavy atom. The minimum absolute atomic E-state index is 0. The van der Waals surface area contributed by atoms with Crippen molar-refractivity contribution in [2.24, 2.45) is 0 Å². The van der Waals surface area contributed by atoms with Crippen LogP contribution in [0.3, 0.4) is 0 Å². The summed E-state index contributed by atoms with van der Waals surface area (Å²) in [7, 11) is 0. The minimum Gasteiger partial charge on any atom is -0.412 e. The smallest absolute Gasteiger partial charge is 0.0407 e. The van der Waals surface area contributed by atoms with E-state index in [0.717, 1.165) is 5.69 Å². The highest BCUT2D eigenvalue weighted by Gasteiger charge is 1.94. The molecule has 4 N–H and O–H groups in total. The first-order valence-electron chi connectivity index (χ1n) is 4.21. The molecule has 0 radical (unpaired) electrons. The average Bonchev–Trinajstić information content (AvgIpc) is 2.13. The third-order valence-corrected chi connectivity index (χ3v) is 2.25. The van der Waals surface area contributed by atoms with E-state index in [4.69, 9.17) is 0 Å². The van der Waals surface area contributed by atoms with Crippen molar-refractivity contribution in [3.63, 3.8) is 0 Å². The summed E-state index contributed by atoms with van der Waals surface area (Å²) in [5.74, 6) is 0. The van der Waals surface area contributed by atoms with Crippen LogP contribution in [0.5, 0.6) is 0 Å². The van der Waals surface area contributed by atoms with Crippen LogP contribution in [0.15, 0.2) is 17.2 Å². The van der Waals surface area contributed by atoms with Gasteiger partial charge in [0, 0.05) is 16.8 Å². The summed E-state index contributed by atoms with van der Waals surface area (Å²) >= 11 is 1.73. The van der Waals surface area contributed by atoms with Gasteiger partial charge in [-0.15, -0.1) is 11.8 Å². The van der Waals surface area contributed by atoms with Crippen LogP contribution in [0.1, 0.15) is 25.1 Å². The first kappa shape index (κ1) is 19.1. The van der Waals surface area contributed by atoms with E-state index >= 15 is 0 Å². The maximum atomic E-state index is 4.23. The quantitative estimate of drug-likeness (QED) is 0.675. The molecule has 84 valence electrons. The standard InChI is InChI=1S/C8H11NS.C2H6.2H2O/c1-6-4-8(10-3)5-9-7(6)2;1-2;;/h4-5H,1-3H3;1-2H3;2*1H2. The lowest BCUT2D eigenvalue weighted by molar-refractivity contribution is 0.823. The number of thioether (sulfide) groups is 1. The Bertz CT molecular complexity index is 242. The van der Waals surface area contributed by atoms with Crippen molar-refractivity contribution in [2.45, 2.75) is 32.6 Å². The molecule has 0 fully saturated rings. The predicted octanol–water partition coefficient (Wildman–Crippen LogP) is 1.80. The van der Waals surface area contributed by atoms with Gasteiger partial charge in [0.1, 0.15) is 0 Å². The Morgan fingerprint density at radius 2 is 1.64 bits per heavy atom. The molecule has 0 aliphatic heterocycles. The SMILES string of the molecule is CC.CSc1cnc(C)c(C)c1.O.O. The van der Waals surface area contributed by atoms with Crippen molar-refractivity contribution >= 4 is 11.8 Å². The van der Waals surface area contributed by atoms with Gasteiger partial charge in [0.15, 0.2) is 0 Å². The van der Waals surface area contributed by atoms with Crippen LogP contribution in [0.25, 0.3) is 0 Å². The molecule has 1 heterocycles. The van der Waals surface area contributed by atoms with E-state index in [0.29, 0.717) is 0 Å². The van der Waals surface area contributed by atoms with Gasteiger partial charge in [-0.05, 0) is 31.7 Å². The fourth-order valence-corrected chi connectivity index (χ4v) is 1.18. The number of hydrogen-bond acceptors (Lipinski definition) is 2. The van der Waals surface area contributed by atoms with E-state index in [1.807, 2.05) is 27.0 Å². The largest absolute Gasteiger partial charge is 0.412 e. The van der Waals surface area contributed by atoms with Crippen LogP contribution in [0.4, 0.5) is 0 Å². The van der Waals surface area contributed by atoms with Crippen molar-refractivity contribution < 1.29 is 11.0 Å². The van der Waals surface area contributed by atoms with Crippen LogP contribution in [0.2, 0.25) is 0 Å². The highest BCUT2D eigenvalue weighted by Crippen LogP contribution is 2.15. The third kappa shape index (κ3) is 5.96. The molecule has 1 aromatic heterocycles. The molecule has 0 saturated heterocycles. The lowest BCUT2D eigenvalue weighted by Gasteiger charge is -1.99. The second kappa shape index (κ2) is 10.5. The molecule has 0 aliphatic rings. The number of hydrogen-bond donors (Lipinski definition) is 0. The first-order valence-corrected chi connectivity index (χ1v) is 5.43. The summed E-state index contributed by atoms with van der Waals surface area (Å²) in [6, 6.07) is 2.16. The zero-order valence-corrected chi connectivity index (χ0v) is 10.3. The number of nitrogens with zero attached hydrogens (tertiary/aromatic N) is 1. The lowest BCUT2D eigenvalue weighted by atomic mass is 10.2. The topological polar surface area (TPSA) is 75.9 Å². The third-order valence-electron chi connectivity index (χ3n) is 1.55. The monoisotopic (exact) mass is 219 g/mol. The van der Waals surface area contributed by atoms with Gasteiger partial charge in [0.25, 0.3) is 0 Å². The van der Waals surface area contributed by atoms with Crippen molar-refractivity contribution in [3.05, 3.63) is 23.5 Å². The Hall–Kier alpha value is -0.580. The van der Waals surface area contributed by atoms with Crippen molar-refractivity contribution in [1.29, 1.82) is 0 Å². The Morgan fingerprint density at radius 1 is 1.14 bits per heavy atom. The van der Waals surface area contributed by atoms with Gasteiger partial charge in [-0.2, -0.15) is 0 Å². The van der Waals surface area contributed by atoms with Crippen LogP contribution in [-0.4, -0.2) is 22.2 Å². The van der Waals surface area contributed by atoms with Crippen LogP contribution in [0, 0.1) is 13.8 Å². The Kier molecular flexibility index (Phi) is 14.3. The fourth-order valence-electron chi connectivity index (χ4n) is 0.729. The summed E-state index contributed by atoms with van der Waals surface area (Å²) in [6.45, 7) is 8.11. The average molecular weight is 219 g/mol. The molecule has 0 spiro atoms. The summed E-state index contributed by atoms with van der Waals surface area (Å²) in [5, 5.41) is 0. The van der Waals surface area contributed by atoms with Gasteiger partial charge >= 0.3 is 0 Å². The molecule has 0 aromatic carbocycles. The van der Waals surface area contributed by atoms with Gasteiger partial charge < -0.3 is 11.0 Å². The summed E-state index contributed by atoms with van der Waals surface area (Å²) in [4.78, 5) is 5.47. The van der Waals surface area contributed by atoms with E-state index in [1.165, 1.54) is 10.5 Å². The minimum atomic E-state index is 0. The molecule has 0 atom stereocenters. The second-order valence-electron chi connectivity index (χ2n) is 2.28. The van der Waals surface area contributed by atoms with Crippen molar-refractivity contribution in [1.82, 2.24) is 4.98 Å². The molecule has 14 heavy (non-hydrogen) atoms. The van der Waals surface area contributed by atoms with Crippen LogP contribution < -0.4 is 0 Å². The molecule has 0 saturated carbocycles. The highest BCUT2D eigenvalue weighted by molar-refractivity contribution is 7.98. The number of rotatable bonds is 1. The van der Waals surface area contributed by atoms with Crippen LogP contribution in [-0.2, 0) is 0 Å². The van der Waals surface area contributed by atoms with E-state index in [9.17, 15) is 0 Å². The summed E-state index contributed by atoms with van der Waals surface area (Å²) in [5.41, 5.74) is 2.39. The van der Waals surface area contributed by atoms with E-state index in [1.54, 1.807) is 11.8 Å². The molecule has 1 aromatic rings. The second-order valence-corrected chi connectivity index (χ2v) is 3.16. The van der Waals surface area contributed by atoms with E-state index < -0.39 is 0 Å². The van der Waals surface area contributed by atoms with Gasteiger partial charge in [0.2, 0.25) is 0 Å². The zero-order chi connectivity index (χ0) is 9.56. The molecule has 4 heteroatoms.